The number of aromatic nitrogens is 3. The van der Waals surface area contributed by atoms with Crippen molar-refractivity contribution in [1.29, 1.82) is 0 Å². The SMILES string of the molecule is O=c1cc(-c2nc(NC3CCOCC3)ncc2F)ccn1C(CO)c1cccc(Cl)c1. The van der Waals surface area contributed by atoms with E-state index in [-0.39, 0.29) is 18.3 Å². The van der Waals surface area contributed by atoms with Crippen molar-refractivity contribution >= 4 is 17.5 Å². The first-order valence-corrected chi connectivity index (χ1v) is 10.4. The third-order valence-corrected chi connectivity index (χ3v) is 5.50. The molecular formula is C22H22ClFN4O3. The molecule has 1 aromatic carbocycles. The highest BCUT2D eigenvalue weighted by Crippen LogP contribution is 2.24. The molecule has 1 aliphatic heterocycles. The van der Waals surface area contributed by atoms with Crippen LogP contribution in [0.25, 0.3) is 11.3 Å². The highest BCUT2D eigenvalue weighted by Gasteiger charge is 2.18. The molecule has 1 aliphatic rings. The second-order valence-corrected chi connectivity index (χ2v) is 7.77. The monoisotopic (exact) mass is 444 g/mol. The summed E-state index contributed by atoms with van der Waals surface area (Å²) in [7, 11) is 0. The third-order valence-electron chi connectivity index (χ3n) is 5.26. The number of ether oxygens (including phenoxy) is 1. The standard InChI is InChI=1S/C22H22ClFN4O3/c23-16-3-1-2-14(10-16)19(13-29)28-7-4-15(11-20(28)30)21-18(24)12-25-22(27-21)26-17-5-8-31-9-6-17/h1-4,7,10-12,17,19,29H,5-6,8-9,13H2,(H,25,26,27). The minimum absolute atomic E-state index is 0.0390. The minimum atomic E-state index is -0.622. The fourth-order valence-electron chi connectivity index (χ4n) is 3.63. The maximum atomic E-state index is 14.5. The highest BCUT2D eigenvalue weighted by atomic mass is 35.5. The Balaban J connectivity index is 1.63. The zero-order chi connectivity index (χ0) is 21.8. The Morgan fingerprint density at radius 2 is 2.10 bits per heavy atom. The zero-order valence-corrected chi connectivity index (χ0v) is 17.4. The van der Waals surface area contributed by atoms with Crippen LogP contribution in [0.2, 0.25) is 5.02 Å². The summed E-state index contributed by atoms with van der Waals surface area (Å²) in [5, 5.41) is 13.6. The van der Waals surface area contributed by atoms with Gasteiger partial charge in [-0.3, -0.25) is 4.79 Å². The van der Waals surface area contributed by atoms with Crippen molar-refractivity contribution < 1.29 is 14.2 Å². The molecule has 4 rings (SSSR count). The van der Waals surface area contributed by atoms with Crippen LogP contribution in [0.4, 0.5) is 10.3 Å². The number of pyridine rings is 1. The molecule has 31 heavy (non-hydrogen) atoms. The molecule has 1 atom stereocenters. The number of anilines is 1. The van der Waals surface area contributed by atoms with E-state index in [2.05, 4.69) is 15.3 Å². The Labute approximate surface area is 183 Å². The highest BCUT2D eigenvalue weighted by molar-refractivity contribution is 6.30. The summed E-state index contributed by atoms with van der Waals surface area (Å²) in [5.41, 5.74) is 0.672. The molecule has 1 fully saturated rings. The fraction of sp³-hybridized carbons (Fsp3) is 0.318. The Bertz CT molecular complexity index is 1120. The van der Waals surface area contributed by atoms with Gasteiger partial charge in [-0.05, 0) is 36.6 Å². The van der Waals surface area contributed by atoms with Gasteiger partial charge in [0.05, 0.1) is 18.8 Å². The molecule has 3 aromatic rings. The summed E-state index contributed by atoms with van der Waals surface area (Å²) in [6.45, 7) is 1.02. The van der Waals surface area contributed by atoms with Crippen molar-refractivity contribution in [3.8, 4) is 11.3 Å². The molecule has 0 aliphatic carbocycles. The normalized spacial score (nSPS) is 15.6. The van der Waals surface area contributed by atoms with Gasteiger partial charge in [-0.1, -0.05) is 23.7 Å². The number of hydrogen-bond acceptors (Lipinski definition) is 6. The second kappa shape index (κ2) is 9.55. The molecule has 9 heteroatoms. The number of nitrogens with zero attached hydrogens (tertiary/aromatic N) is 3. The van der Waals surface area contributed by atoms with Crippen LogP contribution in [0.3, 0.4) is 0 Å². The number of hydrogen-bond donors (Lipinski definition) is 2. The fourth-order valence-corrected chi connectivity index (χ4v) is 3.82. The molecule has 2 aromatic heterocycles. The number of benzene rings is 1. The first-order valence-electron chi connectivity index (χ1n) is 10.0. The molecular weight excluding hydrogens is 423 g/mol. The second-order valence-electron chi connectivity index (χ2n) is 7.34. The first-order chi connectivity index (χ1) is 15.0. The van der Waals surface area contributed by atoms with E-state index < -0.39 is 17.4 Å². The van der Waals surface area contributed by atoms with Crippen LogP contribution in [0.1, 0.15) is 24.4 Å². The van der Waals surface area contributed by atoms with E-state index in [1.54, 1.807) is 30.3 Å². The summed E-state index contributed by atoms with van der Waals surface area (Å²) in [6, 6.07) is 9.39. The van der Waals surface area contributed by atoms with Gasteiger partial charge in [-0.15, -0.1) is 0 Å². The van der Waals surface area contributed by atoms with E-state index >= 15 is 0 Å². The molecule has 162 valence electrons. The van der Waals surface area contributed by atoms with Crippen molar-refractivity contribution in [1.82, 2.24) is 14.5 Å². The maximum absolute atomic E-state index is 14.5. The Morgan fingerprint density at radius 3 is 2.81 bits per heavy atom. The van der Waals surface area contributed by atoms with Gasteiger partial charge in [0.1, 0.15) is 5.69 Å². The van der Waals surface area contributed by atoms with E-state index in [9.17, 15) is 14.3 Å². The van der Waals surface area contributed by atoms with Gasteiger partial charge in [-0.2, -0.15) is 0 Å². The van der Waals surface area contributed by atoms with Crippen LogP contribution in [0.15, 0.2) is 53.6 Å². The van der Waals surface area contributed by atoms with Crippen LogP contribution in [-0.4, -0.2) is 45.5 Å². The molecule has 1 saturated heterocycles. The van der Waals surface area contributed by atoms with Crippen LogP contribution in [-0.2, 0) is 4.74 Å². The summed E-state index contributed by atoms with van der Waals surface area (Å²) in [5.74, 6) is -0.317. The Hall–Kier alpha value is -2.81. The van der Waals surface area contributed by atoms with Crippen molar-refractivity contribution in [3.63, 3.8) is 0 Å². The van der Waals surface area contributed by atoms with E-state index in [1.807, 2.05) is 0 Å². The molecule has 3 heterocycles. The molecule has 0 bridgehead atoms. The summed E-state index contributed by atoms with van der Waals surface area (Å²) in [6.07, 6.45) is 4.25. The lowest BCUT2D eigenvalue weighted by Crippen LogP contribution is -2.28. The van der Waals surface area contributed by atoms with Crippen LogP contribution < -0.4 is 10.9 Å². The Kier molecular flexibility index (Phi) is 6.60. The summed E-state index contributed by atoms with van der Waals surface area (Å²) >= 11 is 6.04. The van der Waals surface area contributed by atoms with Gasteiger partial charge < -0.3 is 19.7 Å². The zero-order valence-electron chi connectivity index (χ0n) is 16.7. The summed E-state index contributed by atoms with van der Waals surface area (Å²) in [4.78, 5) is 21.1. The van der Waals surface area contributed by atoms with Crippen LogP contribution >= 0.6 is 11.6 Å². The van der Waals surface area contributed by atoms with E-state index in [1.165, 1.54) is 16.8 Å². The molecule has 2 N–H and O–H groups in total. The molecule has 0 saturated carbocycles. The van der Waals surface area contributed by atoms with Gasteiger partial charge in [0.2, 0.25) is 5.95 Å². The van der Waals surface area contributed by atoms with Crippen molar-refractivity contribution in [2.24, 2.45) is 0 Å². The lowest BCUT2D eigenvalue weighted by molar-refractivity contribution is 0.0903. The van der Waals surface area contributed by atoms with Gasteiger partial charge >= 0.3 is 0 Å². The predicted octanol–water partition coefficient (Wildman–Crippen LogP) is 3.27. The quantitative estimate of drug-likeness (QED) is 0.606. The predicted molar refractivity (Wildman–Crippen MR) is 116 cm³/mol. The smallest absolute Gasteiger partial charge is 0.251 e. The van der Waals surface area contributed by atoms with Crippen molar-refractivity contribution in [3.05, 3.63) is 75.5 Å². The largest absolute Gasteiger partial charge is 0.394 e. The molecule has 0 spiro atoms. The van der Waals surface area contributed by atoms with Gasteiger partial charge in [-0.25, -0.2) is 14.4 Å². The van der Waals surface area contributed by atoms with Crippen LogP contribution in [0, 0.1) is 5.82 Å². The Morgan fingerprint density at radius 1 is 1.29 bits per heavy atom. The topological polar surface area (TPSA) is 89.3 Å². The molecule has 7 nitrogen and oxygen atoms in total. The molecule has 0 amide bonds. The first kappa shape index (κ1) is 21.4. The van der Waals surface area contributed by atoms with Gasteiger partial charge in [0.15, 0.2) is 5.82 Å². The van der Waals surface area contributed by atoms with Gasteiger partial charge in [0, 0.05) is 42.1 Å². The van der Waals surface area contributed by atoms with E-state index in [0.717, 1.165) is 19.0 Å². The average molecular weight is 445 g/mol. The third kappa shape index (κ3) is 4.92. The molecule has 1 unspecified atom stereocenters. The minimum Gasteiger partial charge on any atom is -0.394 e. The lowest BCUT2D eigenvalue weighted by atomic mass is 10.1. The number of aliphatic hydroxyl groups is 1. The van der Waals surface area contributed by atoms with Crippen molar-refractivity contribution in [2.75, 3.05) is 25.1 Å². The molecule has 0 radical (unpaired) electrons. The number of aliphatic hydroxyl groups excluding tert-OH is 1. The summed E-state index contributed by atoms with van der Waals surface area (Å²) < 4.78 is 21.2. The van der Waals surface area contributed by atoms with Crippen molar-refractivity contribution in [2.45, 2.75) is 24.9 Å². The lowest BCUT2D eigenvalue weighted by Gasteiger charge is -2.23. The number of halogens is 2. The number of rotatable bonds is 6. The van der Waals surface area contributed by atoms with E-state index in [4.69, 9.17) is 16.3 Å². The average Bonchev–Trinajstić information content (AvgIpc) is 2.77. The van der Waals surface area contributed by atoms with E-state index in [0.29, 0.717) is 35.3 Å². The maximum Gasteiger partial charge on any atom is 0.251 e. The number of nitrogens with one attached hydrogen (secondary N) is 1. The van der Waals surface area contributed by atoms with Gasteiger partial charge in [0.25, 0.3) is 5.56 Å². The van der Waals surface area contributed by atoms with Crippen LogP contribution in [0.5, 0.6) is 0 Å².